The number of amides is 1. The van der Waals surface area contributed by atoms with E-state index in [2.05, 4.69) is 16.7 Å². The summed E-state index contributed by atoms with van der Waals surface area (Å²) in [5.74, 6) is -0.0395. The van der Waals surface area contributed by atoms with Gasteiger partial charge in [0.2, 0.25) is 0 Å². The number of anilines is 1. The van der Waals surface area contributed by atoms with Crippen LogP contribution < -0.4 is 10.6 Å². The van der Waals surface area contributed by atoms with Crippen LogP contribution in [0.25, 0.3) is 0 Å². The molecule has 2 aliphatic rings. The van der Waals surface area contributed by atoms with Gasteiger partial charge in [-0.3, -0.25) is 4.79 Å². The molecule has 1 saturated carbocycles. The molecule has 1 saturated heterocycles. The van der Waals surface area contributed by atoms with Crippen LogP contribution in [0.3, 0.4) is 0 Å². The topological polar surface area (TPSA) is 50.4 Å². The highest BCUT2D eigenvalue weighted by Crippen LogP contribution is 2.27. The second-order valence-corrected chi connectivity index (χ2v) is 5.99. The number of hydrogen-bond acceptors (Lipinski definition) is 3. The van der Waals surface area contributed by atoms with Crippen molar-refractivity contribution in [3.63, 3.8) is 0 Å². The summed E-state index contributed by atoms with van der Waals surface area (Å²) in [6.07, 6.45) is 4.31. The maximum absolute atomic E-state index is 12.3. The van der Waals surface area contributed by atoms with Crippen LogP contribution in [0.5, 0.6) is 0 Å². The molecule has 108 valence electrons. The first-order chi connectivity index (χ1) is 9.66. The zero-order chi connectivity index (χ0) is 14.0. The smallest absolute Gasteiger partial charge is 0.256 e. The van der Waals surface area contributed by atoms with Gasteiger partial charge in [-0.25, -0.2) is 0 Å². The van der Waals surface area contributed by atoms with Gasteiger partial charge in [-0.1, -0.05) is 12.1 Å². The second-order valence-electron chi connectivity index (χ2n) is 5.99. The molecule has 1 aliphatic heterocycles. The molecule has 3 rings (SSSR count). The van der Waals surface area contributed by atoms with Crippen molar-refractivity contribution in [2.45, 2.75) is 50.8 Å². The SMILES string of the molecule is CC1(C(=O)Nc2cccc(CNC3CC3)c2)CCCO1. The van der Waals surface area contributed by atoms with Gasteiger partial charge in [0.1, 0.15) is 5.60 Å². The van der Waals surface area contributed by atoms with Gasteiger partial charge >= 0.3 is 0 Å². The van der Waals surface area contributed by atoms with Crippen LogP contribution in [-0.2, 0) is 16.1 Å². The van der Waals surface area contributed by atoms with E-state index >= 15 is 0 Å². The van der Waals surface area contributed by atoms with Crippen LogP contribution >= 0.6 is 0 Å². The molecular weight excluding hydrogens is 252 g/mol. The molecule has 0 bridgehead atoms. The minimum atomic E-state index is -0.664. The van der Waals surface area contributed by atoms with Crippen molar-refractivity contribution in [1.29, 1.82) is 0 Å². The Labute approximate surface area is 119 Å². The Balaban J connectivity index is 1.61. The zero-order valence-corrected chi connectivity index (χ0v) is 11.9. The van der Waals surface area contributed by atoms with E-state index in [0.29, 0.717) is 12.6 Å². The Morgan fingerprint density at radius 2 is 2.30 bits per heavy atom. The Bertz CT molecular complexity index is 491. The number of nitrogens with one attached hydrogen (secondary N) is 2. The van der Waals surface area contributed by atoms with Crippen molar-refractivity contribution in [1.82, 2.24) is 5.32 Å². The van der Waals surface area contributed by atoms with E-state index in [-0.39, 0.29) is 5.91 Å². The van der Waals surface area contributed by atoms with E-state index in [4.69, 9.17) is 4.74 Å². The summed E-state index contributed by atoms with van der Waals surface area (Å²) in [6.45, 7) is 3.41. The molecule has 20 heavy (non-hydrogen) atoms. The van der Waals surface area contributed by atoms with Crippen molar-refractivity contribution in [3.8, 4) is 0 Å². The number of hydrogen-bond donors (Lipinski definition) is 2. The minimum Gasteiger partial charge on any atom is -0.365 e. The number of rotatable bonds is 5. The van der Waals surface area contributed by atoms with Crippen LogP contribution in [0.2, 0.25) is 0 Å². The third-order valence-electron chi connectivity index (χ3n) is 4.06. The molecule has 1 heterocycles. The summed E-state index contributed by atoms with van der Waals surface area (Å²) in [5, 5.41) is 6.45. The molecule has 1 aliphatic carbocycles. The standard InChI is InChI=1S/C16H22N2O2/c1-16(8-3-9-20-16)15(19)18-14-5-2-4-12(10-14)11-17-13-6-7-13/h2,4-5,10,13,17H,3,6-9,11H2,1H3,(H,18,19). The van der Waals surface area contributed by atoms with Gasteiger partial charge in [-0.15, -0.1) is 0 Å². The number of ether oxygens (including phenoxy) is 1. The van der Waals surface area contributed by atoms with Crippen molar-refractivity contribution >= 4 is 11.6 Å². The lowest BCUT2D eigenvalue weighted by Crippen LogP contribution is -2.39. The van der Waals surface area contributed by atoms with Crippen LogP contribution in [0.4, 0.5) is 5.69 Å². The molecule has 2 fully saturated rings. The molecule has 0 spiro atoms. The third-order valence-corrected chi connectivity index (χ3v) is 4.06. The van der Waals surface area contributed by atoms with Gasteiger partial charge in [-0.2, -0.15) is 0 Å². The van der Waals surface area contributed by atoms with Gasteiger partial charge in [0.05, 0.1) is 0 Å². The average Bonchev–Trinajstić information content (AvgIpc) is 3.17. The average molecular weight is 274 g/mol. The van der Waals surface area contributed by atoms with Crippen LogP contribution in [0.15, 0.2) is 24.3 Å². The van der Waals surface area contributed by atoms with Gasteiger partial charge in [-0.05, 0) is 50.3 Å². The van der Waals surface area contributed by atoms with Gasteiger partial charge in [0.25, 0.3) is 5.91 Å². The van der Waals surface area contributed by atoms with Crippen molar-refractivity contribution in [2.75, 3.05) is 11.9 Å². The molecule has 1 atom stereocenters. The Hall–Kier alpha value is -1.39. The molecule has 1 amide bonds. The summed E-state index contributed by atoms with van der Waals surface area (Å²) in [6, 6.07) is 8.72. The lowest BCUT2D eigenvalue weighted by Gasteiger charge is -2.22. The van der Waals surface area contributed by atoms with Crippen molar-refractivity contribution < 1.29 is 9.53 Å². The Kier molecular flexibility index (Phi) is 3.76. The molecule has 1 aromatic carbocycles. The fraction of sp³-hybridized carbons (Fsp3) is 0.562. The molecular formula is C16H22N2O2. The molecule has 0 radical (unpaired) electrons. The van der Waals surface area contributed by atoms with Crippen molar-refractivity contribution in [3.05, 3.63) is 29.8 Å². The highest BCUT2D eigenvalue weighted by Gasteiger charge is 2.37. The first kappa shape index (κ1) is 13.6. The molecule has 1 aromatic rings. The fourth-order valence-corrected chi connectivity index (χ4v) is 2.53. The summed E-state index contributed by atoms with van der Waals surface area (Å²) in [5.41, 5.74) is 1.39. The zero-order valence-electron chi connectivity index (χ0n) is 11.9. The lowest BCUT2D eigenvalue weighted by molar-refractivity contribution is -0.133. The molecule has 0 aromatic heterocycles. The van der Waals surface area contributed by atoms with Gasteiger partial charge < -0.3 is 15.4 Å². The van der Waals surface area contributed by atoms with Gasteiger partial charge in [0.15, 0.2) is 0 Å². The molecule has 4 nitrogen and oxygen atoms in total. The number of carbonyl (C=O) groups is 1. The Morgan fingerprint density at radius 1 is 1.45 bits per heavy atom. The van der Waals surface area contributed by atoms with E-state index < -0.39 is 5.60 Å². The third kappa shape index (κ3) is 3.19. The Morgan fingerprint density at radius 3 is 3.00 bits per heavy atom. The van der Waals surface area contributed by atoms with E-state index in [1.165, 1.54) is 18.4 Å². The van der Waals surface area contributed by atoms with E-state index in [1.807, 2.05) is 25.1 Å². The van der Waals surface area contributed by atoms with E-state index in [9.17, 15) is 4.79 Å². The summed E-state index contributed by atoms with van der Waals surface area (Å²) >= 11 is 0. The molecule has 2 N–H and O–H groups in total. The highest BCUT2D eigenvalue weighted by atomic mass is 16.5. The quantitative estimate of drug-likeness (QED) is 0.867. The summed E-state index contributed by atoms with van der Waals surface area (Å²) in [4.78, 5) is 12.3. The number of carbonyl (C=O) groups excluding carboxylic acids is 1. The monoisotopic (exact) mass is 274 g/mol. The van der Waals surface area contributed by atoms with Gasteiger partial charge in [0, 0.05) is 24.9 Å². The first-order valence-corrected chi connectivity index (χ1v) is 7.43. The predicted molar refractivity (Wildman–Crippen MR) is 78.5 cm³/mol. The van der Waals surface area contributed by atoms with E-state index in [0.717, 1.165) is 25.1 Å². The summed E-state index contributed by atoms with van der Waals surface area (Å²) in [7, 11) is 0. The van der Waals surface area contributed by atoms with Crippen LogP contribution in [0.1, 0.15) is 38.2 Å². The lowest BCUT2D eigenvalue weighted by atomic mass is 10.0. The normalized spacial score (nSPS) is 25.6. The molecule has 1 unspecified atom stereocenters. The first-order valence-electron chi connectivity index (χ1n) is 7.43. The minimum absolute atomic E-state index is 0.0395. The highest BCUT2D eigenvalue weighted by molar-refractivity contribution is 5.97. The maximum atomic E-state index is 12.3. The van der Waals surface area contributed by atoms with Crippen molar-refractivity contribution in [2.24, 2.45) is 0 Å². The summed E-state index contributed by atoms with van der Waals surface area (Å²) < 4.78 is 5.57. The largest absolute Gasteiger partial charge is 0.365 e. The van der Waals surface area contributed by atoms with Crippen LogP contribution in [0, 0.1) is 0 Å². The molecule has 4 heteroatoms. The maximum Gasteiger partial charge on any atom is 0.256 e. The van der Waals surface area contributed by atoms with Crippen LogP contribution in [-0.4, -0.2) is 24.2 Å². The fourth-order valence-electron chi connectivity index (χ4n) is 2.53. The van der Waals surface area contributed by atoms with E-state index in [1.54, 1.807) is 0 Å². The number of benzene rings is 1. The second kappa shape index (κ2) is 5.54. The predicted octanol–water partition coefficient (Wildman–Crippen LogP) is 2.45.